The number of aromatic nitrogens is 2. The third-order valence-corrected chi connectivity index (χ3v) is 4.95. The van der Waals surface area contributed by atoms with Crippen molar-refractivity contribution in [2.24, 2.45) is 0 Å². The van der Waals surface area contributed by atoms with E-state index in [9.17, 15) is 4.79 Å². The fourth-order valence-corrected chi connectivity index (χ4v) is 3.01. The Balaban J connectivity index is 1.66. The molecule has 0 unspecified atom stereocenters. The number of nitrogens with zero attached hydrogens (tertiary/aromatic N) is 4. The van der Waals surface area contributed by atoms with Gasteiger partial charge < -0.3 is 15.1 Å². The number of hydrogen-bond donors (Lipinski definition) is 1. The van der Waals surface area contributed by atoms with Crippen LogP contribution in [0.4, 0.5) is 11.5 Å². The standard InChI is InChI=1S/C18H22ClN5O/c1-3-23-9-11-24(12-10-23)17-8-7-16(21-22-17)18(25)20-15-6-4-5-14(19)13(15)2/h4-8H,3,9-12H2,1-2H3,(H,20,25). The molecular formula is C18H22ClN5O. The van der Waals surface area contributed by atoms with Crippen LogP contribution in [0.3, 0.4) is 0 Å². The molecule has 7 heteroatoms. The third-order valence-electron chi connectivity index (χ3n) is 4.54. The first-order valence-corrected chi connectivity index (χ1v) is 8.83. The minimum atomic E-state index is -0.291. The van der Waals surface area contributed by atoms with Crippen LogP contribution in [0, 0.1) is 6.92 Å². The van der Waals surface area contributed by atoms with Crippen molar-refractivity contribution in [3.63, 3.8) is 0 Å². The number of carbonyl (C=O) groups excluding carboxylic acids is 1. The maximum atomic E-state index is 12.4. The normalized spacial score (nSPS) is 15.2. The molecule has 0 aliphatic carbocycles. The lowest BCUT2D eigenvalue weighted by atomic mass is 10.2. The molecule has 0 bridgehead atoms. The summed E-state index contributed by atoms with van der Waals surface area (Å²) in [5.41, 5.74) is 1.80. The Bertz CT molecular complexity index is 742. The Labute approximate surface area is 152 Å². The lowest BCUT2D eigenvalue weighted by Crippen LogP contribution is -2.46. The monoisotopic (exact) mass is 359 g/mol. The molecule has 1 aromatic carbocycles. The van der Waals surface area contributed by atoms with Gasteiger partial charge in [-0.05, 0) is 43.3 Å². The van der Waals surface area contributed by atoms with E-state index in [1.54, 1.807) is 18.2 Å². The van der Waals surface area contributed by atoms with Gasteiger partial charge in [-0.3, -0.25) is 4.79 Å². The molecule has 0 saturated carbocycles. The molecule has 6 nitrogen and oxygen atoms in total. The molecule has 2 heterocycles. The van der Waals surface area contributed by atoms with E-state index in [1.807, 2.05) is 19.1 Å². The number of amides is 1. The molecule has 3 rings (SSSR count). The van der Waals surface area contributed by atoms with Gasteiger partial charge in [-0.25, -0.2) is 0 Å². The molecule has 132 valence electrons. The highest BCUT2D eigenvalue weighted by atomic mass is 35.5. The van der Waals surface area contributed by atoms with Crippen LogP contribution < -0.4 is 10.2 Å². The van der Waals surface area contributed by atoms with E-state index >= 15 is 0 Å². The number of rotatable bonds is 4. The summed E-state index contributed by atoms with van der Waals surface area (Å²) >= 11 is 6.08. The summed E-state index contributed by atoms with van der Waals surface area (Å²) in [5.74, 6) is 0.520. The van der Waals surface area contributed by atoms with Crippen LogP contribution in [0.2, 0.25) is 5.02 Å². The lowest BCUT2D eigenvalue weighted by Gasteiger charge is -2.34. The SMILES string of the molecule is CCN1CCN(c2ccc(C(=O)Nc3cccc(Cl)c3C)nn2)CC1. The number of anilines is 2. The Kier molecular flexibility index (Phi) is 5.50. The minimum absolute atomic E-state index is 0.287. The quantitative estimate of drug-likeness (QED) is 0.909. The van der Waals surface area contributed by atoms with Gasteiger partial charge in [-0.15, -0.1) is 10.2 Å². The minimum Gasteiger partial charge on any atom is -0.353 e. The Hall–Kier alpha value is -2.18. The first-order valence-electron chi connectivity index (χ1n) is 8.46. The second kappa shape index (κ2) is 7.80. The van der Waals surface area contributed by atoms with Gasteiger partial charge in [-0.1, -0.05) is 24.6 Å². The van der Waals surface area contributed by atoms with Crippen LogP contribution in [0.5, 0.6) is 0 Å². The summed E-state index contributed by atoms with van der Waals surface area (Å²) in [5, 5.41) is 11.8. The zero-order chi connectivity index (χ0) is 17.8. The Morgan fingerprint density at radius 3 is 2.56 bits per heavy atom. The molecule has 1 saturated heterocycles. The number of likely N-dealkylation sites (N-methyl/N-ethyl adjacent to an activating group) is 1. The fraction of sp³-hybridized carbons (Fsp3) is 0.389. The van der Waals surface area contributed by atoms with Crippen LogP contribution in [-0.2, 0) is 0 Å². The van der Waals surface area contributed by atoms with Crippen molar-refractivity contribution in [2.45, 2.75) is 13.8 Å². The molecule has 1 amide bonds. The maximum Gasteiger partial charge on any atom is 0.276 e. The molecular weight excluding hydrogens is 338 g/mol. The zero-order valence-electron chi connectivity index (χ0n) is 14.5. The summed E-state index contributed by atoms with van der Waals surface area (Å²) < 4.78 is 0. The number of carbonyl (C=O) groups is 1. The van der Waals surface area contributed by atoms with Crippen LogP contribution in [0.25, 0.3) is 0 Å². The summed E-state index contributed by atoms with van der Waals surface area (Å²) in [4.78, 5) is 17.0. The predicted octanol–water partition coefficient (Wildman–Crippen LogP) is 2.83. The van der Waals surface area contributed by atoms with Crippen molar-refractivity contribution < 1.29 is 4.79 Å². The van der Waals surface area contributed by atoms with Crippen LogP contribution in [0.15, 0.2) is 30.3 Å². The predicted molar refractivity (Wildman–Crippen MR) is 101 cm³/mol. The van der Waals surface area contributed by atoms with Crippen molar-refractivity contribution in [3.05, 3.63) is 46.6 Å². The number of benzene rings is 1. The first-order chi connectivity index (χ1) is 12.1. The van der Waals surface area contributed by atoms with Gasteiger partial charge in [0, 0.05) is 36.9 Å². The lowest BCUT2D eigenvalue weighted by molar-refractivity contribution is 0.102. The highest BCUT2D eigenvalue weighted by Gasteiger charge is 2.18. The van der Waals surface area contributed by atoms with Crippen molar-refractivity contribution in [3.8, 4) is 0 Å². The molecule has 0 radical (unpaired) electrons. The van der Waals surface area contributed by atoms with E-state index < -0.39 is 0 Å². The molecule has 1 aliphatic heterocycles. The van der Waals surface area contributed by atoms with Gasteiger partial charge in [0.1, 0.15) is 0 Å². The van der Waals surface area contributed by atoms with Gasteiger partial charge in [0.15, 0.2) is 11.5 Å². The summed E-state index contributed by atoms with van der Waals surface area (Å²) in [6, 6.07) is 8.97. The molecule has 0 atom stereocenters. The average Bonchev–Trinajstić information content (AvgIpc) is 2.65. The van der Waals surface area contributed by atoms with E-state index in [0.29, 0.717) is 10.7 Å². The highest BCUT2D eigenvalue weighted by molar-refractivity contribution is 6.31. The molecule has 1 aliphatic rings. The highest BCUT2D eigenvalue weighted by Crippen LogP contribution is 2.23. The van der Waals surface area contributed by atoms with Gasteiger partial charge in [0.25, 0.3) is 5.91 Å². The van der Waals surface area contributed by atoms with Gasteiger partial charge in [0.05, 0.1) is 0 Å². The van der Waals surface area contributed by atoms with E-state index in [1.165, 1.54) is 0 Å². The fourth-order valence-electron chi connectivity index (χ4n) is 2.84. The van der Waals surface area contributed by atoms with Gasteiger partial charge in [0.2, 0.25) is 0 Å². The van der Waals surface area contributed by atoms with Crippen molar-refractivity contribution in [1.82, 2.24) is 15.1 Å². The Morgan fingerprint density at radius 2 is 1.92 bits per heavy atom. The molecule has 1 aromatic heterocycles. The van der Waals surface area contributed by atoms with E-state index in [-0.39, 0.29) is 11.6 Å². The molecule has 25 heavy (non-hydrogen) atoms. The molecule has 0 spiro atoms. The molecule has 1 fully saturated rings. The summed E-state index contributed by atoms with van der Waals surface area (Å²) in [7, 11) is 0. The topological polar surface area (TPSA) is 61.4 Å². The van der Waals surface area contributed by atoms with Crippen LogP contribution in [0.1, 0.15) is 23.0 Å². The molecule has 2 aromatic rings. The smallest absolute Gasteiger partial charge is 0.276 e. The largest absolute Gasteiger partial charge is 0.353 e. The van der Waals surface area contributed by atoms with Crippen LogP contribution in [-0.4, -0.2) is 53.7 Å². The Morgan fingerprint density at radius 1 is 1.16 bits per heavy atom. The first kappa shape index (κ1) is 17.6. The average molecular weight is 360 g/mol. The summed E-state index contributed by atoms with van der Waals surface area (Å²) in [6.45, 7) is 9.00. The molecule has 1 N–H and O–H groups in total. The summed E-state index contributed by atoms with van der Waals surface area (Å²) in [6.07, 6.45) is 0. The second-order valence-electron chi connectivity index (χ2n) is 6.06. The number of nitrogens with one attached hydrogen (secondary N) is 1. The van der Waals surface area contributed by atoms with Crippen molar-refractivity contribution in [2.75, 3.05) is 42.9 Å². The number of halogens is 1. The van der Waals surface area contributed by atoms with Gasteiger partial charge >= 0.3 is 0 Å². The second-order valence-corrected chi connectivity index (χ2v) is 6.47. The third kappa shape index (κ3) is 4.08. The van der Waals surface area contributed by atoms with Crippen LogP contribution >= 0.6 is 11.6 Å². The number of hydrogen-bond acceptors (Lipinski definition) is 5. The van der Waals surface area contributed by atoms with E-state index in [4.69, 9.17) is 11.6 Å². The van der Waals surface area contributed by atoms with E-state index in [2.05, 4.69) is 32.2 Å². The number of piperazine rings is 1. The van der Waals surface area contributed by atoms with Crippen molar-refractivity contribution >= 4 is 29.0 Å². The van der Waals surface area contributed by atoms with Crippen molar-refractivity contribution in [1.29, 1.82) is 0 Å². The maximum absolute atomic E-state index is 12.4. The van der Waals surface area contributed by atoms with Gasteiger partial charge in [-0.2, -0.15) is 0 Å². The van der Waals surface area contributed by atoms with E-state index in [0.717, 1.165) is 44.1 Å². The zero-order valence-corrected chi connectivity index (χ0v) is 15.3.